The minimum atomic E-state index is -5.04. The Morgan fingerprint density at radius 2 is 2.06 bits per heavy atom. The fraction of sp³-hybridized carbons (Fsp3) is 0.381. The van der Waals surface area contributed by atoms with Crippen LogP contribution in [0, 0.1) is 6.92 Å². The molecular weight excluding hydrogens is 443 g/mol. The maximum absolute atomic E-state index is 13.4. The van der Waals surface area contributed by atoms with Crippen LogP contribution in [0.5, 0.6) is 0 Å². The smallest absolute Gasteiger partial charge is 0.428 e. The van der Waals surface area contributed by atoms with E-state index in [1.54, 1.807) is 49.0 Å². The number of alkyl halides is 3. The average molecular weight is 465 g/mol. The molecule has 0 aliphatic heterocycles. The highest BCUT2D eigenvalue weighted by Gasteiger charge is 2.48. The highest BCUT2D eigenvalue weighted by Crippen LogP contribution is 2.26. The number of ether oxygens (including phenoxy) is 1. The zero-order chi connectivity index (χ0) is 24.2. The van der Waals surface area contributed by atoms with Crippen LogP contribution < -0.4 is 0 Å². The Bertz CT molecular complexity index is 1130. The predicted molar refractivity (Wildman–Crippen MR) is 109 cm³/mol. The van der Waals surface area contributed by atoms with Gasteiger partial charge in [-0.25, -0.2) is 9.78 Å². The summed E-state index contributed by atoms with van der Waals surface area (Å²) < 4.78 is 51.5. The molecule has 0 radical (unpaired) electrons. The summed E-state index contributed by atoms with van der Waals surface area (Å²) >= 11 is 0. The Morgan fingerprint density at radius 1 is 1.30 bits per heavy atom. The lowest BCUT2D eigenvalue weighted by atomic mass is 10.1. The first-order valence-electron chi connectivity index (χ1n) is 9.91. The maximum Gasteiger partial charge on any atom is 0.432 e. The van der Waals surface area contributed by atoms with Crippen molar-refractivity contribution in [1.82, 2.24) is 24.6 Å². The summed E-state index contributed by atoms with van der Waals surface area (Å²) in [5.74, 6) is -0.0805. The number of carbonyl (C=O) groups excluding carboxylic acids is 2. The van der Waals surface area contributed by atoms with E-state index in [1.807, 2.05) is 0 Å². The summed E-state index contributed by atoms with van der Waals surface area (Å²) in [5.41, 5.74) is 1.21. The molecule has 1 unspecified atom stereocenters. The third kappa shape index (κ3) is 6.18. The molecule has 2 aromatic heterocycles. The van der Waals surface area contributed by atoms with Crippen LogP contribution in [0.4, 0.5) is 18.0 Å². The van der Waals surface area contributed by atoms with E-state index in [9.17, 15) is 22.8 Å². The summed E-state index contributed by atoms with van der Waals surface area (Å²) in [6.45, 7) is 1.58. The number of hydrogen-bond acceptors (Lipinski definition) is 7. The van der Waals surface area contributed by atoms with Crippen LogP contribution in [0.25, 0.3) is 11.4 Å². The first-order valence-corrected chi connectivity index (χ1v) is 9.91. The van der Waals surface area contributed by atoms with Gasteiger partial charge in [-0.15, -0.1) is 0 Å². The zero-order valence-electron chi connectivity index (χ0n) is 18.2. The molecule has 0 aliphatic rings. The van der Waals surface area contributed by atoms with Crippen LogP contribution in [0.1, 0.15) is 23.7 Å². The number of carbonyl (C=O) groups is 2. The van der Waals surface area contributed by atoms with Gasteiger partial charge in [0.15, 0.2) is 5.78 Å². The second-order valence-corrected chi connectivity index (χ2v) is 7.42. The quantitative estimate of drug-likeness (QED) is 0.502. The average Bonchev–Trinajstić information content (AvgIpc) is 3.37. The molecule has 3 rings (SSSR count). The van der Waals surface area contributed by atoms with E-state index in [1.165, 1.54) is 13.2 Å². The maximum atomic E-state index is 13.4. The van der Waals surface area contributed by atoms with Crippen LogP contribution in [-0.4, -0.2) is 55.8 Å². The molecule has 1 aromatic carbocycles. The number of hydrogen-bond donors (Lipinski definition) is 0. The predicted octanol–water partition coefficient (Wildman–Crippen LogP) is 3.48. The van der Waals surface area contributed by atoms with E-state index in [2.05, 4.69) is 19.9 Å². The molecule has 1 amide bonds. The topological polar surface area (TPSA) is 103 Å². The molecule has 12 heteroatoms. The van der Waals surface area contributed by atoms with Gasteiger partial charge in [-0.3, -0.25) is 4.79 Å². The van der Waals surface area contributed by atoms with E-state index in [4.69, 9.17) is 4.52 Å². The molecule has 1 atom stereocenters. The number of aromatic nitrogens is 4. The van der Waals surface area contributed by atoms with Gasteiger partial charge in [0, 0.05) is 58.4 Å². The molecule has 0 fully saturated rings. The van der Waals surface area contributed by atoms with Gasteiger partial charge in [0.05, 0.1) is 0 Å². The minimum Gasteiger partial charge on any atom is -0.428 e. The molecule has 3 aromatic rings. The number of aryl methyl sites for hydroxylation is 3. The molecule has 176 valence electrons. The molecule has 0 saturated carbocycles. The van der Waals surface area contributed by atoms with Crippen LogP contribution in [0.15, 0.2) is 41.2 Å². The van der Waals surface area contributed by atoms with Crippen molar-refractivity contribution in [3.05, 3.63) is 53.9 Å². The first kappa shape index (κ1) is 24.0. The van der Waals surface area contributed by atoms with Crippen LogP contribution >= 0.6 is 0 Å². The Kier molecular flexibility index (Phi) is 7.14. The molecule has 0 aliphatic carbocycles. The van der Waals surface area contributed by atoms with E-state index < -0.39 is 30.6 Å². The minimum absolute atomic E-state index is 0.00927. The highest BCUT2D eigenvalue weighted by atomic mass is 19.4. The fourth-order valence-corrected chi connectivity index (χ4v) is 3.07. The summed E-state index contributed by atoms with van der Waals surface area (Å²) in [6, 6.07) is 6.77. The number of imidazole rings is 1. The Labute approximate surface area is 187 Å². The van der Waals surface area contributed by atoms with Gasteiger partial charge in [0.2, 0.25) is 11.7 Å². The molecule has 0 bridgehead atoms. The number of benzene rings is 1. The van der Waals surface area contributed by atoms with Crippen molar-refractivity contribution in [3.8, 4) is 11.4 Å². The van der Waals surface area contributed by atoms with Crippen LogP contribution in [0.3, 0.4) is 0 Å². The number of amides is 1. The van der Waals surface area contributed by atoms with Crippen molar-refractivity contribution in [2.75, 3.05) is 7.05 Å². The first-order chi connectivity index (χ1) is 15.5. The summed E-state index contributed by atoms with van der Waals surface area (Å²) in [7, 11) is 2.94. The molecule has 0 N–H and O–H groups in total. The number of Topliss-reactive ketones (excluding diaryl/α,β-unsaturated/α-hetero) is 1. The van der Waals surface area contributed by atoms with E-state index in [-0.39, 0.29) is 13.0 Å². The van der Waals surface area contributed by atoms with Crippen LogP contribution in [-0.2, 0) is 29.5 Å². The second-order valence-electron chi connectivity index (χ2n) is 7.42. The van der Waals surface area contributed by atoms with Gasteiger partial charge < -0.3 is 18.7 Å². The van der Waals surface area contributed by atoms with Crippen molar-refractivity contribution in [1.29, 1.82) is 0 Å². The lowest BCUT2D eigenvalue weighted by molar-refractivity contribution is -0.205. The van der Waals surface area contributed by atoms with Gasteiger partial charge >= 0.3 is 12.3 Å². The normalized spacial score (nSPS) is 12.4. The van der Waals surface area contributed by atoms with Crippen molar-refractivity contribution in [2.45, 2.75) is 38.6 Å². The number of rotatable bonds is 8. The van der Waals surface area contributed by atoms with E-state index >= 15 is 0 Å². The number of halogens is 3. The zero-order valence-corrected chi connectivity index (χ0v) is 18.2. The third-order valence-electron chi connectivity index (χ3n) is 4.77. The SMILES string of the molecule is Cc1nc(-c2cccc(CN(C)C(=O)OC(C(=O)CCc3nccn3C)C(F)(F)F)c2)no1. The number of nitrogens with zero attached hydrogens (tertiary/aromatic N) is 5. The van der Waals surface area contributed by atoms with Crippen molar-refractivity contribution in [2.24, 2.45) is 7.05 Å². The second kappa shape index (κ2) is 9.84. The van der Waals surface area contributed by atoms with Crippen molar-refractivity contribution < 1.29 is 32.0 Å². The van der Waals surface area contributed by atoms with Gasteiger partial charge in [-0.05, 0) is 11.6 Å². The lowest BCUT2D eigenvalue weighted by Crippen LogP contribution is -2.43. The highest BCUT2D eigenvalue weighted by molar-refractivity contribution is 5.86. The molecule has 33 heavy (non-hydrogen) atoms. The van der Waals surface area contributed by atoms with Crippen LogP contribution in [0.2, 0.25) is 0 Å². The molecule has 9 nitrogen and oxygen atoms in total. The standard InChI is InChI=1S/C21H22F3N5O4/c1-13-26-19(27-33-13)15-6-4-5-14(11-15)12-29(3)20(31)32-18(21(22,23)24)16(30)7-8-17-25-9-10-28(17)2/h4-6,9-11,18H,7-8,12H2,1-3H3. The van der Waals surface area contributed by atoms with E-state index in [0.29, 0.717) is 28.7 Å². The largest absolute Gasteiger partial charge is 0.432 e. The monoisotopic (exact) mass is 465 g/mol. The number of ketones is 1. The lowest BCUT2D eigenvalue weighted by Gasteiger charge is -2.23. The van der Waals surface area contributed by atoms with Gasteiger partial charge in [0.25, 0.3) is 6.10 Å². The third-order valence-corrected chi connectivity index (χ3v) is 4.77. The van der Waals surface area contributed by atoms with E-state index in [0.717, 1.165) is 4.90 Å². The summed E-state index contributed by atoms with van der Waals surface area (Å²) in [5, 5.41) is 3.81. The Morgan fingerprint density at radius 3 is 2.67 bits per heavy atom. The Balaban J connectivity index is 1.64. The van der Waals surface area contributed by atoms with Gasteiger partial charge in [-0.1, -0.05) is 23.4 Å². The molecule has 0 spiro atoms. The van der Waals surface area contributed by atoms with Gasteiger partial charge in [-0.2, -0.15) is 18.2 Å². The van der Waals surface area contributed by atoms with Gasteiger partial charge in [0.1, 0.15) is 5.82 Å². The fourth-order valence-electron chi connectivity index (χ4n) is 3.07. The summed E-state index contributed by atoms with van der Waals surface area (Å²) in [4.78, 5) is 33.6. The Hall–Kier alpha value is -3.70. The molecule has 0 saturated heterocycles. The molecule has 2 heterocycles. The van der Waals surface area contributed by atoms with Crippen molar-refractivity contribution in [3.63, 3.8) is 0 Å². The van der Waals surface area contributed by atoms with Crippen molar-refractivity contribution >= 4 is 11.9 Å². The summed E-state index contributed by atoms with van der Waals surface area (Å²) in [6.07, 6.45) is -6.56. The molecular formula is C21H22F3N5O4.